The lowest BCUT2D eigenvalue weighted by atomic mass is 10.0. The first-order chi connectivity index (χ1) is 39.0. The summed E-state index contributed by atoms with van der Waals surface area (Å²) in [4.78, 5) is 38.4. The maximum absolute atomic E-state index is 12.9. The van der Waals surface area contributed by atoms with Crippen molar-refractivity contribution in [2.24, 2.45) is 0 Å². The number of carbonyl (C=O) groups excluding carboxylic acids is 3. The molecule has 0 aromatic rings. The molecular formula is C73H138O6. The Bertz CT molecular complexity index is 1270. The van der Waals surface area contributed by atoms with Crippen LogP contribution in [-0.4, -0.2) is 37.2 Å². The quantitative estimate of drug-likeness (QED) is 0.0261. The number of carbonyl (C=O) groups is 3. The van der Waals surface area contributed by atoms with E-state index in [1.165, 1.54) is 295 Å². The summed E-state index contributed by atoms with van der Waals surface area (Å²) in [5.41, 5.74) is 0. The Morgan fingerprint density at radius 3 is 0.722 bits per heavy atom. The summed E-state index contributed by atoms with van der Waals surface area (Å²) in [6.45, 7) is 6.69. The van der Waals surface area contributed by atoms with Crippen molar-refractivity contribution in [2.45, 2.75) is 412 Å². The Morgan fingerprint density at radius 2 is 0.456 bits per heavy atom. The molecule has 0 N–H and O–H groups in total. The smallest absolute Gasteiger partial charge is 0.306 e. The van der Waals surface area contributed by atoms with Gasteiger partial charge in [0, 0.05) is 19.3 Å². The number of ether oxygens (including phenoxy) is 3. The molecular weight excluding hydrogens is 973 g/mol. The summed E-state index contributed by atoms with van der Waals surface area (Å²) in [5.74, 6) is -0.846. The molecule has 0 saturated heterocycles. The van der Waals surface area contributed by atoms with Gasteiger partial charge in [-0.1, -0.05) is 360 Å². The first-order valence-corrected chi connectivity index (χ1v) is 35.8. The third-order valence-corrected chi connectivity index (χ3v) is 16.5. The highest BCUT2D eigenvalue weighted by Crippen LogP contribution is 2.19. The zero-order chi connectivity index (χ0) is 57.1. The van der Waals surface area contributed by atoms with Crippen LogP contribution in [0.1, 0.15) is 406 Å². The molecule has 1 unspecified atom stereocenters. The van der Waals surface area contributed by atoms with Gasteiger partial charge in [-0.2, -0.15) is 0 Å². The number of allylic oxidation sites excluding steroid dienone is 4. The fourth-order valence-corrected chi connectivity index (χ4v) is 11.1. The number of hydrogen-bond donors (Lipinski definition) is 0. The van der Waals surface area contributed by atoms with Crippen molar-refractivity contribution in [3.63, 3.8) is 0 Å². The minimum absolute atomic E-state index is 0.0683. The molecule has 0 spiro atoms. The van der Waals surface area contributed by atoms with Gasteiger partial charge >= 0.3 is 17.9 Å². The van der Waals surface area contributed by atoms with Gasteiger partial charge in [-0.05, 0) is 51.4 Å². The summed E-state index contributed by atoms with van der Waals surface area (Å²) >= 11 is 0. The number of esters is 3. The normalized spacial score (nSPS) is 12.1. The Kier molecular flexibility index (Phi) is 66.6. The van der Waals surface area contributed by atoms with Gasteiger partial charge in [0.05, 0.1) is 0 Å². The molecule has 0 aliphatic carbocycles. The second kappa shape index (κ2) is 68.4. The SMILES string of the molecule is CCCCC/C=C\C/C=C\CCCCCCCCCC(=O)OC(COC(=O)CCCCCCCCCCCCCCC)COC(=O)CCCCCCCCCCCCCCCCCCCCCCCCCCCCCCCCC. The summed E-state index contributed by atoms with van der Waals surface area (Å²) in [6.07, 6.45) is 83.7. The van der Waals surface area contributed by atoms with E-state index in [0.717, 1.165) is 70.6 Å². The van der Waals surface area contributed by atoms with E-state index in [2.05, 4.69) is 45.1 Å². The van der Waals surface area contributed by atoms with Crippen LogP contribution in [0.25, 0.3) is 0 Å². The molecule has 466 valence electrons. The lowest BCUT2D eigenvalue weighted by molar-refractivity contribution is -0.167. The van der Waals surface area contributed by atoms with Gasteiger partial charge in [0.1, 0.15) is 13.2 Å². The summed E-state index contributed by atoms with van der Waals surface area (Å²) in [7, 11) is 0. The molecule has 0 amide bonds. The van der Waals surface area contributed by atoms with Crippen LogP contribution in [0.3, 0.4) is 0 Å². The fourth-order valence-electron chi connectivity index (χ4n) is 11.1. The molecule has 6 heteroatoms. The maximum atomic E-state index is 12.9. The average Bonchev–Trinajstić information content (AvgIpc) is 3.45. The summed E-state index contributed by atoms with van der Waals surface area (Å²) in [5, 5.41) is 0. The number of unbranched alkanes of at least 4 members (excludes halogenated alkanes) is 52. The van der Waals surface area contributed by atoms with E-state index in [-0.39, 0.29) is 31.1 Å². The average molecular weight is 1110 g/mol. The standard InChI is InChI=1S/C73H138O6/c1-4-7-10-13-16-19-22-25-27-29-30-31-32-33-34-35-36-37-38-39-40-41-42-44-45-48-51-54-57-60-63-66-72(75)78-69-70(68-77-71(74)65-62-59-56-53-50-47-24-21-18-15-12-9-6-3)79-73(76)67-64-61-58-55-52-49-46-43-28-26-23-20-17-14-11-8-5-2/h17,20,26,28,70H,4-16,18-19,21-25,27,29-69H2,1-3H3/b20-17-,28-26-. The van der Waals surface area contributed by atoms with E-state index in [9.17, 15) is 14.4 Å². The van der Waals surface area contributed by atoms with Gasteiger partial charge in [-0.25, -0.2) is 0 Å². The minimum Gasteiger partial charge on any atom is -0.462 e. The van der Waals surface area contributed by atoms with E-state index in [4.69, 9.17) is 14.2 Å². The summed E-state index contributed by atoms with van der Waals surface area (Å²) < 4.78 is 17.0. The highest BCUT2D eigenvalue weighted by Gasteiger charge is 2.19. The molecule has 0 bridgehead atoms. The molecule has 0 radical (unpaired) electrons. The second-order valence-electron chi connectivity index (χ2n) is 24.5. The highest BCUT2D eigenvalue weighted by molar-refractivity contribution is 5.71. The van der Waals surface area contributed by atoms with Crippen molar-refractivity contribution in [3.05, 3.63) is 24.3 Å². The van der Waals surface area contributed by atoms with E-state index in [1.54, 1.807) is 0 Å². The van der Waals surface area contributed by atoms with Crippen LogP contribution in [-0.2, 0) is 28.6 Å². The first-order valence-electron chi connectivity index (χ1n) is 35.8. The zero-order valence-corrected chi connectivity index (χ0v) is 53.7. The lowest BCUT2D eigenvalue weighted by Gasteiger charge is -2.18. The molecule has 0 heterocycles. The molecule has 0 aromatic carbocycles. The van der Waals surface area contributed by atoms with E-state index >= 15 is 0 Å². The van der Waals surface area contributed by atoms with Crippen molar-refractivity contribution < 1.29 is 28.6 Å². The van der Waals surface area contributed by atoms with Crippen molar-refractivity contribution >= 4 is 17.9 Å². The third kappa shape index (κ3) is 66.6. The van der Waals surface area contributed by atoms with Gasteiger partial charge in [0.25, 0.3) is 0 Å². The Morgan fingerprint density at radius 1 is 0.253 bits per heavy atom. The molecule has 1 atom stereocenters. The highest BCUT2D eigenvalue weighted by atomic mass is 16.6. The van der Waals surface area contributed by atoms with Crippen LogP contribution in [0.15, 0.2) is 24.3 Å². The molecule has 0 aromatic heterocycles. The second-order valence-corrected chi connectivity index (χ2v) is 24.5. The zero-order valence-electron chi connectivity index (χ0n) is 53.7. The van der Waals surface area contributed by atoms with Crippen molar-refractivity contribution in [1.29, 1.82) is 0 Å². The molecule has 6 nitrogen and oxygen atoms in total. The van der Waals surface area contributed by atoms with Crippen LogP contribution >= 0.6 is 0 Å². The molecule has 0 saturated carbocycles. The molecule has 0 aliphatic rings. The van der Waals surface area contributed by atoms with Gasteiger partial charge in [-0.3, -0.25) is 14.4 Å². The Labute approximate surface area is 493 Å². The van der Waals surface area contributed by atoms with Gasteiger partial charge in [0.15, 0.2) is 6.10 Å². The topological polar surface area (TPSA) is 78.9 Å². The van der Waals surface area contributed by atoms with E-state index in [1.807, 2.05) is 0 Å². The van der Waals surface area contributed by atoms with Crippen LogP contribution in [0, 0.1) is 0 Å². The Balaban J connectivity index is 4.12. The van der Waals surface area contributed by atoms with Crippen molar-refractivity contribution in [3.8, 4) is 0 Å². The van der Waals surface area contributed by atoms with Crippen LogP contribution in [0.2, 0.25) is 0 Å². The molecule has 0 fully saturated rings. The predicted molar refractivity (Wildman–Crippen MR) is 344 cm³/mol. The van der Waals surface area contributed by atoms with Crippen LogP contribution in [0.5, 0.6) is 0 Å². The predicted octanol–water partition coefficient (Wildman–Crippen LogP) is 24.6. The summed E-state index contributed by atoms with van der Waals surface area (Å²) in [6, 6.07) is 0. The lowest BCUT2D eigenvalue weighted by Crippen LogP contribution is -2.30. The molecule has 0 rings (SSSR count). The monoisotopic (exact) mass is 1110 g/mol. The van der Waals surface area contributed by atoms with Gasteiger partial charge in [0.2, 0.25) is 0 Å². The van der Waals surface area contributed by atoms with Gasteiger partial charge in [-0.15, -0.1) is 0 Å². The van der Waals surface area contributed by atoms with E-state index in [0.29, 0.717) is 19.3 Å². The number of hydrogen-bond acceptors (Lipinski definition) is 6. The van der Waals surface area contributed by atoms with E-state index < -0.39 is 6.10 Å². The Hall–Kier alpha value is -2.11. The van der Waals surface area contributed by atoms with Crippen molar-refractivity contribution in [2.75, 3.05) is 13.2 Å². The minimum atomic E-state index is -0.772. The fraction of sp³-hybridized carbons (Fsp3) is 0.904. The molecule has 0 aliphatic heterocycles. The third-order valence-electron chi connectivity index (χ3n) is 16.5. The molecule has 79 heavy (non-hydrogen) atoms. The van der Waals surface area contributed by atoms with Crippen LogP contribution < -0.4 is 0 Å². The van der Waals surface area contributed by atoms with Crippen LogP contribution in [0.4, 0.5) is 0 Å². The van der Waals surface area contributed by atoms with Gasteiger partial charge < -0.3 is 14.2 Å². The van der Waals surface area contributed by atoms with Crippen molar-refractivity contribution in [1.82, 2.24) is 0 Å². The largest absolute Gasteiger partial charge is 0.462 e. The maximum Gasteiger partial charge on any atom is 0.306 e. The first kappa shape index (κ1) is 76.9. The number of rotatable bonds is 67.